The molecular formula is C17H24N4O2. The van der Waals surface area contributed by atoms with Crippen molar-refractivity contribution >= 4 is 11.8 Å². The van der Waals surface area contributed by atoms with Crippen molar-refractivity contribution in [3.05, 3.63) is 23.8 Å². The van der Waals surface area contributed by atoms with Crippen LogP contribution in [0.5, 0.6) is 0 Å². The molecule has 1 saturated carbocycles. The Morgan fingerprint density at radius 3 is 2.78 bits per heavy atom. The van der Waals surface area contributed by atoms with Crippen molar-refractivity contribution in [3.63, 3.8) is 0 Å². The van der Waals surface area contributed by atoms with Gasteiger partial charge in [0.25, 0.3) is 5.91 Å². The Morgan fingerprint density at radius 2 is 2.09 bits per heavy atom. The van der Waals surface area contributed by atoms with Crippen LogP contribution in [0.4, 0.5) is 0 Å². The van der Waals surface area contributed by atoms with Crippen molar-refractivity contribution in [2.24, 2.45) is 11.8 Å². The van der Waals surface area contributed by atoms with Gasteiger partial charge in [-0.05, 0) is 44.1 Å². The van der Waals surface area contributed by atoms with E-state index in [1.807, 2.05) is 4.90 Å². The molecule has 23 heavy (non-hydrogen) atoms. The van der Waals surface area contributed by atoms with Crippen LogP contribution in [0.25, 0.3) is 0 Å². The lowest BCUT2D eigenvalue weighted by molar-refractivity contribution is -0.140. The zero-order valence-corrected chi connectivity index (χ0v) is 13.6. The average Bonchev–Trinajstić information content (AvgIpc) is 2.53. The number of aromatic nitrogens is 2. The van der Waals surface area contributed by atoms with E-state index in [0.717, 1.165) is 50.9 Å². The Morgan fingerprint density at radius 1 is 1.26 bits per heavy atom. The monoisotopic (exact) mass is 316 g/mol. The summed E-state index contributed by atoms with van der Waals surface area (Å²) in [5.74, 6) is 0.835. The van der Waals surface area contributed by atoms with Gasteiger partial charge in [0.1, 0.15) is 12.0 Å². The van der Waals surface area contributed by atoms with Gasteiger partial charge in [-0.2, -0.15) is 0 Å². The Labute approximate surface area is 136 Å². The van der Waals surface area contributed by atoms with Crippen molar-refractivity contribution in [2.75, 3.05) is 20.1 Å². The van der Waals surface area contributed by atoms with Crippen LogP contribution in [-0.2, 0) is 11.2 Å². The van der Waals surface area contributed by atoms with Crippen LogP contribution in [0.2, 0.25) is 0 Å². The number of nitrogens with zero attached hydrogens (tertiary/aromatic N) is 3. The van der Waals surface area contributed by atoms with E-state index in [4.69, 9.17) is 0 Å². The third-order valence-corrected chi connectivity index (χ3v) is 4.97. The van der Waals surface area contributed by atoms with Crippen molar-refractivity contribution < 1.29 is 9.59 Å². The summed E-state index contributed by atoms with van der Waals surface area (Å²) in [4.78, 5) is 34.4. The number of hydrogen-bond donors (Lipinski definition) is 1. The predicted octanol–water partition coefficient (Wildman–Crippen LogP) is 1.42. The van der Waals surface area contributed by atoms with Gasteiger partial charge >= 0.3 is 0 Å². The normalized spacial score (nSPS) is 21.6. The smallest absolute Gasteiger partial charge is 0.269 e. The van der Waals surface area contributed by atoms with E-state index in [0.29, 0.717) is 17.5 Å². The fraction of sp³-hybridized carbons (Fsp3) is 0.647. The number of amides is 2. The maximum Gasteiger partial charge on any atom is 0.269 e. The third kappa shape index (κ3) is 3.68. The standard InChI is InChI=1S/C17H24N4O2/c1-18-16(22)15-9-14(19-11-20-15)8-12-4-3-7-21(10-12)17(23)13-5-2-6-13/h9,11-13H,2-8,10H2,1H3,(H,18,22). The molecule has 2 amide bonds. The SMILES string of the molecule is CNC(=O)c1cc(CC2CCCN(C(=O)C3CCC3)C2)ncn1. The van der Waals surface area contributed by atoms with Crippen molar-refractivity contribution in [1.29, 1.82) is 0 Å². The van der Waals surface area contributed by atoms with Crippen LogP contribution in [0.15, 0.2) is 12.4 Å². The molecule has 124 valence electrons. The molecule has 2 aliphatic rings. The predicted molar refractivity (Wildman–Crippen MR) is 85.8 cm³/mol. The van der Waals surface area contributed by atoms with Crippen LogP contribution in [0, 0.1) is 11.8 Å². The van der Waals surface area contributed by atoms with E-state index < -0.39 is 0 Å². The second kappa shape index (κ2) is 7.06. The molecular weight excluding hydrogens is 292 g/mol. The summed E-state index contributed by atoms with van der Waals surface area (Å²) in [6.07, 6.45) is 7.70. The molecule has 1 aromatic heterocycles. The molecule has 6 heteroatoms. The molecule has 2 heterocycles. The van der Waals surface area contributed by atoms with Gasteiger partial charge in [0, 0.05) is 31.7 Å². The number of rotatable bonds is 4. The van der Waals surface area contributed by atoms with Gasteiger partial charge in [-0.3, -0.25) is 9.59 Å². The molecule has 1 atom stereocenters. The zero-order valence-electron chi connectivity index (χ0n) is 13.6. The number of carbonyl (C=O) groups is 2. The maximum atomic E-state index is 12.4. The summed E-state index contributed by atoms with van der Waals surface area (Å²) in [6.45, 7) is 1.70. The van der Waals surface area contributed by atoms with Gasteiger partial charge < -0.3 is 10.2 Å². The summed E-state index contributed by atoms with van der Waals surface area (Å²) >= 11 is 0. The molecule has 0 spiro atoms. The van der Waals surface area contributed by atoms with Crippen molar-refractivity contribution in [3.8, 4) is 0 Å². The molecule has 0 radical (unpaired) electrons. The molecule has 1 aliphatic heterocycles. The quantitative estimate of drug-likeness (QED) is 0.911. The molecule has 1 aliphatic carbocycles. The first-order chi connectivity index (χ1) is 11.2. The highest BCUT2D eigenvalue weighted by Crippen LogP contribution is 2.30. The van der Waals surface area contributed by atoms with Crippen LogP contribution < -0.4 is 5.32 Å². The second-order valence-electron chi connectivity index (χ2n) is 6.60. The van der Waals surface area contributed by atoms with Gasteiger partial charge in [-0.15, -0.1) is 0 Å². The first-order valence-corrected chi connectivity index (χ1v) is 8.49. The summed E-state index contributed by atoms with van der Waals surface area (Å²) in [5.41, 5.74) is 1.28. The Hall–Kier alpha value is -1.98. The third-order valence-electron chi connectivity index (χ3n) is 4.97. The molecule has 2 fully saturated rings. The molecule has 1 unspecified atom stereocenters. The average molecular weight is 316 g/mol. The molecule has 1 aromatic rings. The van der Waals surface area contributed by atoms with Crippen LogP contribution in [-0.4, -0.2) is 46.8 Å². The van der Waals surface area contributed by atoms with Gasteiger partial charge in [-0.1, -0.05) is 6.42 Å². The van der Waals surface area contributed by atoms with E-state index in [-0.39, 0.29) is 11.8 Å². The molecule has 0 bridgehead atoms. The lowest BCUT2D eigenvalue weighted by Gasteiger charge is -2.37. The van der Waals surface area contributed by atoms with Gasteiger partial charge in [0.05, 0.1) is 0 Å². The Balaban J connectivity index is 1.61. The number of hydrogen-bond acceptors (Lipinski definition) is 4. The topological polar surface area (TPSA) is 75.2 Å². The zero-order chi connectivity index (χ0) is 16.2. The molecule has 6 nitrogen and oxygen atoms in total. The van der Waals surface area contributed by atoms with E-state index in [2.05, 4.69) is 15.3 Å². The van der Waals surface area contributed by atoms with Crippen LogP contribution in [0.3, 0.4) is 0 Å². The number of likely N-dealkylation sites (tertiary alicyclic amines) is 1. The van der Waals surface area contributed by atoms with E-state index in [1.54, 1.807) is 13.1 Å². The number of nitrogens with one attached hydrogen (secondary N) is 1. The van der Waals surface area contributed by atoms with E-state index >= 15 is 0 Å². The summed E-state index contributed by atoms with van der Waals surface area (Å²) in [5, 5.41) is 2.58. The molecule has 1 N–H and O–H groups in total. The highest BCUT2D eigenvalue weighted by atomic mass is 16.2. The van der Waals surface area contributed by atoms with Crippen molar-refractivity contribution in [1.82, 2.24) is 20.2 Å². The lowest BCUT2D eigenvalue weighted by Crippen LogP contribution is -2.45. The van der Waals surface area contributed by atoms with E-state index in [1.165, 1.54) is 12.7 Å². The second-order valence-corrected chi connectivity index (χ2v) is 6.60. The minimum atomic E-state index is -0.195. The number of carbonyl (C=O) groups excluding carboxylic acids is 2. The first kappa shape index (κ1) is 15.9. The van der Waals surface area contributed by atoms with Crippen LogP contribution in [0.1, 0.15) is 48.3 Å². The minimum Gasteiger partial charge on any atom is -0.354 e. The van der Waals surface area contributed by atoms with Gasteiger partial charge in [0.2, 0.25) is 5.91 Å². The largest absolute Gasteiger partial charge is 0.354 e. The summed E-state index contributed by atoms with van der Waals surface area (Å²) in [7, 11) is 1.59. The fourth-order valence-electron chi connectivity index (χ4n) is 3.40. The fourth-order valence-corrected chi connectivity index (χ4v) is 3.40. The summed E-state index contributed by atoms with van der Waals surface area (Å²) < 4.78 is 0. The molecule has 0 aromatic carbocycles. The van der Waals surface area contributed by atoms with E-state index in [9.17, 15) is 9.59 Å². The summed E-state index contributed by atoms with van der Waals surface area (Å²) in [6, 6.07) is 1.76. The molecule has 1 saturated heterocycles. The first-order valence-electron chi connectivity index (χ1n) is 8.49. The van der Waals surface area contributed by atoms with Gasteiger partial charge in [-0.25, -0.2) is 9.97 Å². The van der Waals surface area contributed by atoms with Crippen molar-refractivity contribution in [2.45, 2.75) is 38.5 Å². The minimum absolute atomic E-state index is 0.195. The Bertz CT molecular complexity index is 586. The maximum absolute atomic E-state index is 12.4. The van der Waals surface area contributed by atoms with Gasteiger partial charge in [0.15, 0.2) is 0 Å². The highest BCUT2D eigenvalue weighted by molar-refractivity contribution is 5.91. The molecule has 3 rings (SSSR count). The Kier molecular flexibility index (Phi) is 4.88. The highest BCUT2D eigenvalue weighted by Gasteiger charge is 2.32. The lowest BCUT2D eigenvalue weighted by atomic mass is 9.83. The number of piperidine rings is 1. The van der Waals surface area contributed by atoms with Crippen LogP contribution >= 0.6 is 0 Å².